The summed E-state index contributed by atoms with van der Waals surface area (Å²) in [5.41, 5.74) is 0.739. The Bertz CT molecular complexity index is 1180. The molecule has 1 amide bonds. The summed E-state index contributed by atoms with van der Waals surface area (Å²) in [6.07, 6.45) is 0.0621. The van der Waals surface area contributed by atoms with E-state index in [0.29, 0.717) is 35.9 Å². The van der Waals surface area contributed by atoms with Gasteiger partial charge in [0, 0.05) is 54.7 Å². The summed E-state index contributed by atoms with van der Waals surface area (Å²) in [5.74, 6) is -0.645. The summed E-state index contributed by atoms with van der Waals surface area (Å²) < 4.78 is 36.8. The quantitative estimate of drug-likeness (QED) is 0.278. The minimum atomic E-state index is -3.93. The number of ether oxygens (including phenoxy) is 2. The lowest BCUT2D eigenvalue weighted by Gasteiger charge is -2.28. The SMILES string of the molecule is COc1cccc(OC)c1CN1C[C@@H](SC2=C(C(=O)O)N(C(C)=O)[C@@H](C[C@@H](C)O)[C@H]2C)C[C@H]1CNS(N)(=O)=O. The molecule has 12 nitrogen and oxygen atoms in total. The van der Waals surface area contributed by atoms with Crippen LogP contribution in [0.4, 0.5) is 0 Å². The molecule has 5 atom stereocenters. The van der Waals surface area contributed by atoms with E-state index in [2.05, 4.69) is 9.62 Å². The predicted molar refractivity (Wildman–Crippen MR) is 147 cm³/mol. The second-order valence-corrected chi connectivity index (χ2v) is 12.7. The molecular formula is C25H38N4O8S2. The Morgan fingerprint density at radius 1 is 1.26 bits per heavy atom. The van der Waals surface area contributed by atoms with Crippen LogP contribution in [0.15, 0.2) is 28.8 Å². The van der Waals surface area contributed by atoms with Crippen LogP contribution in [0.2, 0.25) is 0 Å². The molecule has 218 valence electrons. The zero-order valence-electron chi connectivity index (χ0n) is 22.8. The van der Waals surface area contributed by atoms with Crippen molar-refractivity contribution in [1.29, 1.82) is 0 Å². The van der Waals surface area contributed by atoms with Crippen molar-refractivity contribution in [2.24, 2.45) is 11.1 Å². The number of hydrogen-bond donors (Lipinski definition) is 4. The number of rotatable bonds is 12. The van der Waals surface area contributed by atoms with Gasteiger partial charge < -0.3 is 24.6 Å². The lowest BCUT2D eigenvalue weighted by molar-refractivity contribution is -0.140. The van der Waals surface area contributed by atoms with Crippen molar-refractivity contribution in [3.05, 3.63) is 34.4 Å². The molecule has 2 aliphatic rings. The van der Waals surface area contributed by atoms with Crippen LogP contribution in [0.3, 0.4) is 0 Å². The molecule has 1 saturated heterocycles. The van der Waals surface area contributed by atoms with E-state index < -0.39 is 34.2 Å². The molecule has 0 saturated carbocycles. The summed E-state index contributed by atoms with van der Waals surface area (Å²) in [7, 11) is -0.801. The minimum absolute atomic E-state index is 0.0605. The van der Waals surface area contributed by atoms with Crippen LogP contribution in [0.25, 0.3) is 0 Å². The number of carboxylic acid groups (broad SMARTS) is 1. The standard InChI is InChI=1S/C25H38N4O8S2/c1-14(30)9-20-15(2)24(23(25(32)33)29(20)16(3)31)38-18-10-17(11-27-39(26,34)35)28(12-18)13-19-21(36-4)7-6-8-22(19)37-5/h6-8,14-15,17-18,20,27,30H,9-13H2,1-5H3,(H,32,33)(H2,26,34,35)/t14-,15-,17+,18+,20+/m1/s1. The maximum absolute atomic E-state index is 12.5. The second kappa shape index (κ2) is 12.9. The summed E-state index contributed by atoms with van der Waals surface area (Å²) in [6.45, 7) is 5.77. The number of thioether (sulfide) groups is 1. The number of carbonyl (C=O) groups is 2. The number of aliphatic hydroxyl groups excluding tert-OH is 1. The number of aliphatic carboxylic acids is 1. The molecule has 0 radical (unpaired) electrons. The molecule has 0 bridgehead atoms. The third-order valence-electron chi connectivity index (χ3n) is 7.12. The Hall–Kier alpha value is -2.36. The largest absolute Gasteiger partial charge is 0.496 e. The van der Waals surface area contributed by atoms with Gasteiger partial charge in [0.05, 0.1) is 25.9 Å². The monoisotopic (exact) mass is 586 g/mol. The van der Waals surface area contributed by atoms with Gasteiger partial charge in [-0.25, -0.2) is 14.7 Å². The highest BCUT2D eigenvalue weighted by molar-refractivity contribution is 8.03. The van der Waals surface area contributed by atoms with Crippen molar-refractivity contribution in [3.8, 4) is 11.5 Å². The van der Waals surface area contributed by atoms with E-state index in [9.17, 15) is 28.2 Å². The fourth-order valence-corrected chi connectivity index (χ4v) is 7.47. The average molecular weight is 587 g/mol. The zero-order valence-corrected chi connectivity index (χ0v) is 24.4. The summed E-state index contributed by atoms with van der Waals surface area (Å²) in [6, 6.07) is 4.72. The molecule has 39 heavy (non-hydrogen) atoms. The number of methoxy groups -OCH3 is 2. The van der Waals surface area contributed by atoms with Gasteiger partial charge in [-0.15, -0.1) is 11.8 Å². The van der Waals surface area contributed by atoms with E-state index in [0.717, 1.165) is 5.56 Å². The highest BCUT2D eigenvalue weighted by Crippen LogP contribution is 2.46. The third kappa shape index (κ3) is 7.44. The highest BCUT2D eigenvalue weighted by Gasteiger charge is 2.45. The van der Waals surface area contributed by atoms with E-state index in [1.165, 1.54) is 23.6 Å². The average Bonchev–Trinajstić information content (AvgIpc) is 3.35. The van der Waals surface area contributed by atoms with Crippen LogP contribution < -0.4 is 19.3 Å². The van der Waals surface area contributed by atoms with Crippen LogP contribution in [-0.4, -0.2) is 91.1 Å². The summed E-state index contributed by atoms with van der Waals surface area (Å²) in [5, 5.41) is 25.2. The number of likely N-dealkylation sites (tertiary alicyclic amines) is 1. The van der Waals surface area contributed by atoms with Crippen molar-refractivity contribution in [2.75, 3.05) is 27.3 Å². The second-order valence-electron chi connectivity index (χ2n) is 9.94. The van der Waals surface area contributed by atoms with Crippen molar-refractivity contribution >= 4 is 33.8 Å². The topological polar surface area (TPSA) is 172 Å². The van der Waals surface area contributed by atoms with Crippen LogP contribution >= 0.6 is 11.8 Å². The number of carbonyl (C=O) groups excluding carboxylic acids is 1. The molecular weight excluding hydrogens is 548 g/mol. The summed E-state index contributed by atoms with van der Waals surface area (Å²) in [4.78, 5) is 28.8. The van der Waals surface area contributed by atoms with Gasteiger partial charge in [-0.05, 0) is 31.9 Å². The Kier molecular flexibility index (Phi) is 10.3. The highest BCUT2D eigenvalue weighted by atomic mass is 32.2. The molecule has 1 aromatic rings. The molecule has 2 aliphatic heterocycles. The zero-order chi connectivity index (χ0) is 29.1. The molecule has 3 rings (SSSR count). The van der Waals surface area contributed by atoms with Crippen molar-refractivity contribution in [2.45, 2.75) is 63.6 Å². The van der Waals surface area contributed by atoms with E-state index in [1.807, 2.05) is 25.1 Å². The normalized spacial score (nSPS) is 24.7. The van der Waals surface area contributed by atoms with Crippen LogP contribution in [0.1, 0.15) is 39.2 Å². The number of amides is 1. The lowest BCUT2D eigenvalue weighted by Crippen LogP contribution is -2.42. The molecule has 2 heterocycles. The Morgan fingerprint density at radius 2 is 1.87 bits per heavy atom. The van der Waals surface area contributed by atoms with E-state index in [-0.39, 0.29) is 35.9 Å². The predicted octanol–water partition coefficient (Wildman–Crippen LogP) is 1.11. The fourth-order valence-electron chi connectivity index (χ4n) is 5.43. The molecule has 14 heteroatoms. The minimum Gasteiger partial charge on any atom is -0.496 e. The van der Waals surface area contributed by atoms with E-state index in [1.54, 1.807) is 21.1 Å². The molecule has 0 aliphatic carbocycles. The first-order valence-electron chi connectivity index (χ1n) is 12.6. The molecule has 0 aromatic heterocycles. The fraction of sp³-hybridized carbons (Fsp3) is 0.600. The number of carboxylic acids is 1. The smallest absolute Gasteiger partial charge is 0.353 e. The molecule has 1 fully saturated rings. The van der Waals surface area contributed by atoms with Gasteiger partial charge in [0.1, 0.15) is 17.2 Å². The number of nitrogens with two attached hydrogens (primary N) is 1. The summed E-state index contributed by atoms with van der Waals surface area (Å²) >= 11 is 1.39. The lowest BCUT2D eigenvalue weighted by atomic mass is 9.98. The van der Waals surface area contributed by atoms with Gasteiger partial charge in [0.25, 0.3) is 10.2 Å². The number of hydrogen-bond acceptors (Lipinski definition) is 9. The number of benzene rings is 1. The number of aliphatic hydroxyl groups is 1. The molecule has 1 aromatic carbocycles. The molecule has 0 spiro atoms. The Balaban J connectivity index is 1.93. The van der Waals surface area contributed by atoms with Gasteiger partial charge in [0.2, 0.25) is 5.91 Å². The van der Waals surface area contributed by atoms with Gasteiger partial charge in [-0.1, -0.05) is 13.0 Å². The van der Waals surface area contributed by atoms with Crippen LogP contribution in [-0.2, 0) is 26.3 Å². The van der Waals surface area contributed by atoms with Gasteiger partial charge >= 0.3 is 5.97 Å². The van der Waals surface area contributed by atoms with Gasteiger partial charge in [-0.3, -0.25) is 9.69 Å². The van der Waals surface area contributed by atoms with Crippen molar-refractivity contribution < 1.29 is 37.7 Å². The maximum atomic E-state index is 12.5. The Labute approximate surface area is 233 Å². The van der Waals surface area contributed by atoms with Crippen molar-refractivity contribution in [3.63, 3.8) is 0 Å². The van der Waals surface area contributed by atoms with E-state index in [4.69, 9.17) is 14.6 Å². The van der Waals surface area contributed by atoms with Crippen LogP contribution in [0.5, 0.6) is 11.5 Å². The van der Waals surface area contributed by atoms with E-state index >= 15 is 0 Å². The first-order chi connectivity index (χ1) is 18.3. The molecule has 5 N–H and O–H groups in total. The van der Waals surface area contributed by atoms with Crippen molar-refractivity contribution in [1.82, 2.24) is 14.5 Å². The Morgan fingerprint density at radius 3 is 2.36 bits per heavy atom. The maximum Gasteiger partial charge on any atom is 0.353 e. The first-order valence-corrected chi connectivity index (χ1v) is 15.0. The third-order valence-corrected chi connectivity index (χ3v) is 9.18. The van der Waals surface area contributed by atoms with Crippen LogP contribution in [0, 0.1) is 5.92 Å². The first kappa shape index (κ1) is 31.2. The number of nitrogens with zero attached hydrogens (tertiary/aromatic N) is 2. The van der Waals surface area contributed by atoms with Gasteiger partial charge in [0.15, 0.2) is 0 Å². The van der Waals surface area contributed by atoms with Gasteiger partial charge in [-0.2, -0.15) is 8.42 Å². The molecule has 0 unspecified atom stereocenters. The number of nitrogens with one attached hydrogen (secondary N) is 1.